The lowest BCUT2D eigenvalue weighted by atomic mass is 10.1. The molecule has 0 saturated carbocycles. The summed E-state index contributed by atoms with van der Waals surface area (Å²) >= 11 is 1.29. The van der Waals surface area contributed by atoms with Crippen molar-refractivity contribution in [2.24, 2.45) is 7.05 Å². The summed E-state index contributed by atoms with van der Waals surface area (Å²) < 4.78 is 26.6. The lowest BCUT2D eigenvalue weighted by Gasteiger charge is -2.13. The number of nitrogens with zero attached hydrogens (tertiary/aromatic N) is 3. The fourth-order valence-electron chi connectivity index (χ4n) is 3.58. The van der Waals surface area contributed by atoms with E-state index in [1.165, 1.54) is 23.9 Å². The molecule has 2 heterocycles. The summed E-state index contributed by atoms with van der Waals surface area (Å²) in [5, 5.41) is 11.9. The number of carbonyl (C=O) groups is 1. The van der Waals surface area contributed by atoms with Gasteiger partial charge in [-0.1, -0.05) is 11.8 Å². The molecule has 0 radical (unpaired) electrons. The molecular weight excluding hydrogens is 431 g/mol. The molecule has 32 heavy (non-hydrogen) atoms. The normalized spacial score (nSPS) is 14.7. The van der Waals surface area contributed by atoms with Crippen LogP contribution >= 0.6 is 11.8 Å². The molecule has 7 nitrogen and oxygen atoms in total. The van der Waals surface area contributed by atoms with Crippen molar-refractivity contribution in [3.8, 4) is 22.9 Å². The van der Waals surface area contributed by atoms with Gasteiger partial charge < -0.3 is 19.4 Å². The molecule has 0 fully saturated rings. The second kappa shape index (κ2) is 9.60. The zero-order valence-electron chi connectivity index (χ0n) is 18.2. The topological polar surface area (TPSA) is 78.3 Å². The van der Waals surface area contributed by atoms with E-state index in [2.05, 4.69) is 15.5 Å². The van der Waals surface area contributed by atoms with Gasteiger partial charge in [-0.05, 0) is 50.2 Å². The summed E-state index contributed by atoms with van der Waals surface area (Å²) in [6, 6.07) is 10.0. The van der Waals surface area contributed by atoms with Crippen LogP contribution in [0.15, 0.2) is 41.6 Å². The number of fused-ring (bicyclic) bond motifs is 1. The molecule has 9 heteroatoms. The molecule has 1 N–H and O–H groups in total. The monoisotopic (exact) mass is 456 g/mol. The molecule has 168 valence electrons. The van der Waals surface area contributed by atoms with Gasteiger partial charge in [-0.3, -0.25) is 4.79 Å². The highest BCUT2D eigenvalue weighted by molar-refractivity contribution is 7.99. The molecule has 4 rings (SSSR count). The first kappa shape index (κ1) is 22.1. The fraction of sp³-hybridized carbons (Fsp3) is 0.348. The van der Waals surface area contributed by atoms with Crippen LogP contribution < -0.4 is 14.8 Å². The smallest absolute Gasteiger partial charge is 0.230 e. The van der Waals surface area contributed by atoms with Gasteiger partial charge in [0, 0.05) is 36.7 Å². The number of benzene rings is 2. The maximum absolute atomic E-state index is 13.2. The molecule has 1 aromatic heterocycles. The second-order valence-corrected chi connectivity index (χ2v) is 8.51. The predicted octanol–water partition coefficient (Wildman–Crippen LogP) is 3.75. The molecule has 0 bridgehead atoms. The number of amides is 1. The Morgan fingerprint density at radius 1 is 1.31 bits per heavy atom. The first-order chi connectivity index (χ1) is 15.4. The summed E-state index contributed by atoms with van der Waals surface area (Å²) in [6.45, 7) is 4.87. The average molecular weight is 457 g/mol. The van der Waals surface area contributed by atoms with Gasteiger partial charge in [0.25, 0.3) is 0 Å². The maximum Gasteiger partial charge on any atom is 0.230 e. The summed E-state index contributed by atoms with van der Waals surface area (Å²) in [4.78, 5) is 12.5. The minimum Gasteiger partial charge on any atom is -0.494 e. The lowest BCUT2D eigenvalue weighted by molar-refractivity contribution is -0.118. The Hall–Kier alpha value is -3.07. The number of carbonyl (C=O) groups excluding carboxylic acids is 1. The number of aromatic nitrogens is 3. The van der Waals surface area contributed by atoms with Crippen molar-refractivity contribution in [3.05, 3.63) is 53.3 Å². The van der Waals surface area contributed by atoms with Gasteiger partial charge in [-0.2, -0.15) is 0 Å². The largest absolute Gasteiger partial charge is 0.494 e. The highest BCUT2D eigenvalue weighted by atomic mass is 32.2. The van der Waals surface area contributed by atoms with Crippen LogP contribution in [-0.2, 0) is 24.8 Å². The summed E-state index contributed by atoms with van der Waals surface area (Å²) in [6.07, 6.45) is 1.00. The quantitative estimate of drug-likeness (QED) is 0.520. The first-order valence-corrected chi connectivity index (χ1v) is 11.4. The van der Waals surface area contributed by atoms with Crippen LogP contribution in [0, 0.1) is 5.82 Å². The zero-order valence-corrected chi connectivity index (χ0v) is 19.0. The van der Waals surface area contributed by atoms with E-state index in [1.54, 1.807) is 16.7 Å². The molecular formula is C23H25FN4O3S. The second-order valence-electron chi connectivity index (χ2n) is 7.57. The molecule has 0 unspecified atom stereocenters. The lowest BCUT2D eigenvalue weighted by Crippen LogP contribution is -2.25. The van der Waals surface area contributed by atoms with Gasteiger partial charge in [0.2, 0.25) is 5.91 Å². The predicted molar refractivity (Wildman–Crippen MR) is 120 cm³/mol. The van der Waals surface area contributed by atoms with Gasteiger partial charge in [0.05, 0.1) is 12.4 Å². The molecule has 3 aromatic rings. The van der Waals surface area contributed by atoms with E-state index in [-0.39, 0.29) is 23.6 Å². The van der Waals surface area contributed by atoms with E-state index in [0.717, 1.165) is 34.6 Å². The summed E-state index contributed by atoms with van der Waals surface area (Å²) in [5.74, 6) is 2.00. The summed E-state index contributed by atoms with van der Waals surface area (Å²) in [7, 11) is 1.82. The number of halogens is 1. The molecule has 0 aliphatic carbocycles. The van der Waals surface area contributed by atoms with Crippen molar-refractivity contribution in [1.82, 2.24) is 20.1 Å². The van der Waals surface area contributed by atoms with Gasteiger partial charge in [0.1, 0.15) is 23.4 Å². The molecule has 1 aliphatic rings. The van der Waals surface area contributed by atoms with Crippen LogP contribution in [0.3, 0.4) is 0 Å². The number of ether oxygens (including phenoxy) is 2. The van der Waals surface area contributed by atoms with Gasteiger partial charge in [-0.15, -0.1) is 10.2 Å². The Morgan fingerprint density at radius 3 is 2.84 bits per heavy atom. The highest BCUT2D eigenvalue weighted by Gasteiger charge is 2.22. The summed E-state index contributed by atoms with van der Waals surface area (Å²) in [5.41, 5.74) is 2.77. The first-order valence-electron chi connectivity index (χ1n) is 10.4. The number of thioether (sulfide) groups is 1. The number of hydrogen-bond donors (Lipinski definition) is 1. The molecule has 1 amide bonds. The average Bonchev–Trinajstić information content (AvgIpc) is 3.32. The number of hydrogen-bond acceptors (Lipinski definition) is 6. The minimum atomic E-state index is -0.306. The molecule has 1 atom stereocenters. The maximum atomic E-state index is 13.2. The van der Waals surface area contributed by atoms with Crippen LogP contribution in [0.25, 0.3) is 11.4 Å². The van der Waals surface area contributed by atoms with Gasteiger partial charge >= 0.3 is 0 Å². The van der Waals surface area contributed by atoms with Crippen LogP contribution in [0.1, 0.15) is 25.0 Å². The zero-order chi connectivity index (χ0) is 22.7. The van der Waals surface area contributed by atoms with E-state index in [1.807, 2.05) is 33.0 Å². The third kappa shape index (κ3) is 4.88. The third-order valence-electron chi connectivity index (χ3n) is 5.12. The Bertz CT molecular complexity index is 1120. The Morgan fingerprint density at radius 2 is 2.09 bits per heavy atom. The van der Waals surface area contributed by atoms with E-state index in [0.29, 0.717) is 24.1 Å². The van der Waals surface area contributed by atoms with Gasteiger partial charge in [-0.25, -0.2) is 4.39 Å². The van der Waals surface area contributed by atoms with Crippen molar-refractivity contribution in [2.45, 2.75) is 38.1 Å². The Labute approximate surface area is 190 Å². The van der Waals surface area contributed by atoms with Crippen LogP contribution in [0.2, 0.25) is 0 Å². The van der Waals surface area contributed by atoms with Crippen molar-refractivity contribution in [1.29, 1.82) is 0 Å². The van der Waals surface area contributed by atoms with Crippen molar-refractivity contribution in [2.75, 3.05) is 12.4 Å². The molecule has 2 aromatic carbocycles. The van der Waals surface area contributed by atoms with Crippen LogP contribution in [-0.4, -0.2) is 39.1 Å². The molecule has 0 saturated heterocycles. The Balaban J connectivity index is 1.36. The SMILES string of the molecule is CCOc1cc2c(cc1CNC(=O)CSc1nnc(-c3ccc(F)cc3)n1C)O[C@@H](C)C2. The van der Waals surface area contributed by atoms with E-state index >= 15 is 0 Å². The molecule has 1 aliphatic heterocycles. The third-order valence-corrected chi connectivity index (χ3v) is 6.14. The standard InChI is InChI=1S/C23H25FN4O3S/c1-4-30-19-10-16-9-14(2)31-20(16)11-17(19)12-25-21(29)13-32-23-27-26-22(28(23)3)15-5-7-18(24)8-6-15/h5-8,10-11,14H,4,9,12-13H2,1-3H3,(H,25,29)/t14-/m0/s1. The van der Waals surface area contributed by atoms with Gasteiger partial charge in [0.15, 0.2) is 11.0 Å². The van der Waals surface area contributed by atoms with Crippen molar-refractivity contribution < 1.29 is 18.7 Å². The number of rotatable bonds is 8. The minimum absolute atomic E-state index is 0.126. The van der Waals surface area contributed by atoms with E-state index in [4.69, 9.17) is 9.47 Å². The van der Waals surface area contributed by atoms with Crippen molar-refractivity contribution >= 4 is 17.7 Å². The van der Waals surface area contributed by atoms with E-state index in [9.17, 15) is 9.18 Å². The van der Waals surface area contributed by atoms with Crippen molar-refractivity contribution in [3.63, 3.8) is 0 Å². The number of nitrogens with one attached hydrogen (secondary N) is 1. The van der Waals surface area contributed by atoms with Crippen LogP contribution in [0.5, 0.6) is 11.5 Å². The molecule has 0 spiro atoms. The van der Waals surface area contributed by atoms with Crippen LogP contribution in [0.4, 0.5) is 4.39 Å². The fourth-order valence-corrected chi connectivity index (χ4v) is 4.32. The van der Waals surface area contributed by atoms with E-state index < -0.39 is 0 Å². The Kier molecular flexibility index (Phi) is 6.64. The highest BCUT2D eigenvalue weighted by Crippen LogP contribution is 2.35.